The predicted molar refractivity (Wildman–Crippen MR) is 145 cm³/mol. The van der Waals surface area contributed by atoms with Gasteiger partial charge in [-0.05, 0) is 88.4 Å². The van der Waals surface area contributed by atoms with Crippen molar-refractivity contribution < 1.29 is 13.6 Å². The third kappa shape index (κ3) is 5.20. The standard InChI is InChI=1S/C32H38FNO2/c1-23-20-26-21-28(33)22-29(30(26)36-23)24-12-9-17-34(18-15-24)19-16-32(2,27-13-7-4-8-14-27)31(35)25-10-5-3-6-11-25/h4,7-8,13-15,20-22,25H,3,5-6,9-12,16-19H2,1-2H3. The maximum atomic E-state index is 14.4. The van der Waals surface area contributed by atoms with Crippen molar-refractivity contribution in [2.24, 2.45) is 5.92 Å². The lowest BCUT2D eigenvalue weighted by molar-refractivity contribution is -0.129. The fraction of sp³-hybridized carbons (Fsp3) is 0.469. The molecule has 0 spiro atoms. The Labute approximate surface area is 214 Å². The van der Waals surface area contributed by atoms with E-state index in [9.17, 15) is 9.18 Å². The summed E-state index contributed by atoms with van der Waals surface area (Å²) in [6, 6.07) is 15.5. The predicted octanol–water partition coefficient (Wildman–Crippen LogP) is 7.86. The molecular formula is C32H38FNO2. The highest BCUT2D eigenvalue weighted by Gasteiger charge is 2.39. The van der Waals surface area contributed by atoms with Crippen molar-refractivity contribution in [3.8, 4) is 0 Å². The number of carbonyl (C=O) groups is 1. The molecule has 1 unspecified atom stereocenters. The van der Waals surface area contributed by atoms with Crippen molar-refractivity contribution in [2.45, 2.75) is 70.6 Å². The minimum Gasteiger partial charge on any atom is -0.461 e. The smallest absolute Gasteiger partial charge is 0.146 e. The van der Waals surface area contributed by atoms with Crippen LogP contribution in [-0.2, 0) is 10.2 Å². The number of furan rings is 1. The van der Waals surface area contributed by atoms with Crippen LogP contribution in [0, 0.1) is 18.7 Å². The molecule has 1 aromatic heterocycles. The van der Waals surface area contributed by atoms with Gasteiger partial charge in [-0.2, -0.15) is 0 Å². The number of benzene rings is 2. The maximum Gasteiger partial charge on any atom is 0.146 e. The van der Waals surface area contributed by atoms with Crippen molar-refractivity contribution in [3.63, 3.8) is 0 Å². The highest BCUT2D eigenvalue weighted by molar-refractivity contribution is 5.92. The number of hydrogen-bond donors (Lipinski definition) is 0. The molecule has 36 heavy (non-hydrogen) atoms. The molecule has 1 saturated carbocycles. The van der Waals surface area contributed by atoms with Crippen molar-refractivity contribution in [3.05, 3.63) is 77.3 Å². The van der Waals surface area contributed by atoms with E-state index in [0.29, 0.717) is 5.78 Å². The molecule has 0 N–H and O–H groups in total. The van der Waals surface area contributed by atoms with Gasteiger partial charge >= 0.3 is 0 Å². The van der Waals surface area contributed by atoms with Gasteiger partial charge in [-0.15, -0.1) is 0 Å². The molecule has 1 atom stereocenters. The number of aryl methyl sites for hydroxylation is 1. The zero-order chi connectivity index (χ0) is 25.1. The monoisotopic (exact) mass is 487 g/mol. The Morgan fingerprint density at radius 2 is 1.86 bits per heavy atom. The van der Waals surface area contributed by atoms with Crippen molar-refractivity contribution in [2.75, 3.05) is 19.6 Å². The topological polar surface area (TPSA) is 33.5 Å². The van der Waals surface area contributed by atoms with Crippen molar-refractivity contribution in [1.29, 1.82) is 0 Å². The number of nitrogens with zero attached hydrogens (tertiary/aromatic N) is 1. The van der Waals surface area contributed by atoms with Crippen LogP contribution in [0.5, 0.6) is 0 Å². The van der Waals surface area contributed by atoms with Crippen LogP contribution >= 0.6 is 0 Å². The van der Waals surface area contributed by atoms with E-state index < -0.39 is 5.41 Å². The van der Waals surface area contributed by atoms with E-state index in [1.807, 2.05) is 19.1 Å². The molecule has 0 saturated heterocycles. The van der Waals surface area contributed by atoms with E-state index in [-0.39, 0.29) is 11.7 Å². The van der Waals surface area contributed by atoms with Gasteiger partial charge in [-0.1, -0.05) is 55.7 Å². The van der Waals surface area contributed by atoms with Gasteiger partial charge in [0.15, 0.2) is 0 Å². The maximum absolute atomic E-state index is 14.4. The van der Waals surface area contributed by atoms with E-state index in [1.54, 1.807) is 12.1 Å². The normalized spacial score (nSPS) is 19.6. The number of rotatable bonds is 7. The first-order valence-electron chi connectivity index (χ1n) is 13.7. The van der Waals surface area contributed by atoms with Gasteiger partial charge in [-0.3, -0.25) is 9.69 Å². The Morgan fingerprint density at radius 1 is 1.08 bits per heavy atom. The Bertz CT molecular complexity index is 1240. The van der Waals surface area contributed by atoms with Crippen LogP contribution in [0.2, 0.25) is 0 Å². The number of carbonyl (C=O) groups excluding carboxylic acids is 1. The zero-order valence-corrected chi connectivity index (χ0v) is 21.7. The molecule has 0 radical (unpaired) electrons. The molecule has 3 aromatic rings. The van der Waals surface area contributed by atoms with Crippen LogP contribution < -0.4 is 0 Å². The number of ketones is 1. The van der Waals surface area contributed by atoms with Gasteiger partial charge < -0.3 is 4.42 Å². The fourth-order valence-corrected chi connectivity index (χ4v) is 6.27. The number of allylic oxidation sites excluding steroid dienone is 1. The van der Waals surface area contributed by atoms with Crippen LogP contribution in [0.3, 0.4) is 0 Å². The molecule has 2 aromatic carbocycles. The second kappa shape index (κ2) is 10.7. The lowest BCUT2D eigenvalue weighted by atomic mass is 9.69. The van der Waals surface area contributed by atoms with Crippen LogP contribution in [-0.4, -0.2) is 30.3 Å². The molecule has 3 nitrogen and oxygen atoms in total. The summed E-state index contributed by atoms with van der Waals surface area (Å²) < 4.78 is 20.3. The molecule has 1 aliphatic carbocycles. The number of halogens is 1. The molecule has 1 aliphatic heterocycles. The lowest BCUT2D eigenvalue weighted by Gasteiger charge is -2.35. The molecule has 4 heteroatoms. The summed E-state index contributed by atoms with van der Waals surface area (Å²) in [6.45, 7) is 6.71. The molecule has 2 heterocycles. The van der Waals surface area contributed by atoms with Gasteiger partial charge in [0.2, 0.25) is 0 Å². The van der Waals surface area contributed by atoms with Crippen LogP contribution in [0.15, 0.2) is 59.0 Å². The van der Waals surface area contributed by atoms with E-state index in [0.717, 1.165) is 85.2 Å². The van der Waals surface area contributed by atoms with Crippen molar-refractivity contribution in [1.82, 2.24) is 4.90 Å². The van der Waals surface area contributed by atoms with Gasteiger partial charge in [0.1, 0.15) is 22.9 Å². The Morgan fingerprint density at radius 3 is 2.64 bits per heavy atom. The molecule has 1 fully saturated rings. The van der Waals surface area contributed by atoms with Crippen molar-refractivity contribution >= 4 is 22.3 Å². The number of hydrogen-bond acceptors (Lipinski definition) is 3. The minimum atomic E-state index is -0.470. The van der Waals surface area contributed by atoms with E-state index in [1.165, 1.54) is 19.3 Å². The van der Waals surface area contributed by atoms with E-state index in [2.05, 4.69) is 42.2 Å². The number of fused-ring (bicyclic) bond motifs is 1. The minimum absolute atomic E-state index is 0.187. The summed E-state index contributed by atoms with van der Waals surface area (Å²) in [5, 5.41) is 0.823. The quantitative estimate of drug-likeness (QED) is 0.340. The van der Waals surface area contributed by atoms with Gasteiger partial charge in [0.05, 0.1) is 5.41 Å². The number of Topliss-reactive ketones (excluding diaryl/α,β-unsaturated/α-hetero) is 1. The van der Waals surface area contributed by atoms with E-state index >= 15 is 0 Å². The largest absolute Gasteiger partial charge is 0.461 e. The molecule has 2 aliphatic rings. The van der Waals surface area contributed by atoms with Crippen LogP contribution in [0.25, 0.3) is 16.5 Å². The first-order valence-corrected chi connectivity index (χ1v) is 13.7. The van der Waals surface area contributed by atoms with Gasteiger partial charge in [-0.25, -0.2) is 4.39 Å². The molecule has 5 rings (SSSR count). The fourth-order valence-electron chi connectivity index (χ4n) is 6.27. The highest BCUT2D eigenvalue weighted by Crippen LogP contribution is 2.37. The molecule has 0 amide bonds. The van der Waals surface area contributed by atoms with Crippen LogP contribution in [0.4, 0.5) is 4.39 Å². The summed E-state index contributed by atoms with van der Waals surface area (Å²) in [6.07, 6.45) is 10.6. The summed E-state index contributed by atoms with van der Waals surface area (Å²) in [5.74, 6) is 1.19. The Kier molecular flexibility index (Phi) is 7.43. The average molecular weight is 488 g/mol. The third-order valence-electron chi connectivity index (χ3n) is 8.43. The lowest BCUT2D eigenvalue weighted by Crippen LogP contribution is -2.41. The third-order valence-corrected chi connectivity index (χ3v) is 8.43. The van der Waals surface area contributed by atoms with Gasteiger partial charge in [0, 0.05) is 23.4 Å². The summed E-state index contributed by atoms with van der Waals surface area (Å²) in [4.78, 5) is 16.3. The molecular weight excluding hydrogens is 449 g/mol. The summed E-state index contributed by atoms with van der Waals surface area (Å²) in [5.41, 5.74) is 3.48. The first-order chi connectivity index (χ1) is 17.4. The Hall–Kier alpha value is -2.72. The highest BCUT2D eigenvalue weighted by atomic mass is 19.1. The Balaban J connectivity index is 1.34. The molecule has 190 valence electrons. The molecule has 0 bridgehead atoms. The average Bonchev–Trinajstić information content (AvgIpc) is 3.12. The first kappa shape index (κ1) is 25.0. The second-order valence-electron chi connectivity index (χ2n) is 11.0. The zero-order valence-electron chi connectivity index (χ0n) is 21.7. The van der Waals surface area contributed by atoms with Gasteiger partial charge in [0.25, 0.3) is 0 Å². The summed E-state index contributed by atoms with van der Waals surface area (Å²) in [7, 11) is 0. The van der Waals surface area contributed by atoms with Crippen LogP contribution in [0.1, 0.15) is 75.2 Å². The second-order valence-corrected chi connectivity index (χ2v) is 11.0. The summed E-state index contributed by atoms with van der Waals surface area (Å²) >= 11 is 0. The van der Waals surface area contributed by atoms with E-state index in [4.69, 9.17) is 4.42 Å². The SMILES string of the molecule is Cc1cc2cc(F)cc(C3=CCN(CCC(C)(C(=O)C4CCCCC4)c4ccccc4)CCC3)c2o1.